The molecule has 2 heterocycles. The Morgan fingerprint density at radius 3 is 2.62 bits per heavy atom. The molecule has 0 aromatic carbocycles. The summed E-state index contributed by atoms with van der Waals surface area (Å²) in [5.41, 5.74) is 0. The van der Waals surface area contributed by atoms with Gasteiger partial charge in [0.05, 0.1) is 5.75 Å². The highest BCUT2D eigenvalue weighted by Crippen LogP contribution is 2.18. The van der Waals surface area contributed by atoms with E-state index in [1.165, 1.54) is 0 Å². The van der Waals surface area contributed by atoms with Gasteiger partial charge < -0.3 is 5.32 Å². The van der Waals surface area contributed by atoms with Crippen molar-refractivity contribution in [3.63, 3.8) is 0 Å². The molecule has 0 amide bonds. The molecule has 2 aliphatic heterocycles. The zero-order valence-electron chi connectivity index (χ0n) is 7.70. The van der Waals surface area contributed by atoms with E-state index < -0.39 is 10.0 Å². The summed E-state index contributed by atoms with van der Waals surface area (Å²) < 4.78 is 24.9. The van der Waals surface area contributed by atoms with Gasteiger partial charge in [0.2, 0.25) is 10.0 Å². The van der Waals surface area contributed by atoms with E-state index in [1.807, 2.05) is 0 Å². The topological polar surface area (TPSA) is 49.4 Å². The van der Waals surface area contributed by atoms with Crippen molar-refractivity contribution in [2.24, 2.45) is 5.92 Å². The van der Waals surface area contributed by atoms with Crippen LogP contribution in [0.2, 0.25) is 0 Å². The number of hydrogen-bond acceptors (Lipinski definition) is 3. The summed E-state index contributed by atoms with van der Waals surface area (Å²) in [5.74, 6) is 0.686. The minimum absolute atomic E-state index is 0.339. The normalized spacial score (nSPS) is 30.3. The molecule has 5 heteroatoms. The second-order valence-electron chi connectivity index (χ2n) is 3.89. The summed E-state index contributed by atoms with van der Waals surface area (Å²) >= 11 is 0. The van der Waals surface area contributed by atoms with Crippen molar-refractivity contribution < 1.29 is 8.42 Å². The van der Waals surface area contributed by atoms with Crippen LogP contribution in [0.25, 0.3) is 0 Å². The number of nitrogens with zero attached hydrogens (tertiary/aromatic N) is 1. The average molecular weight is 204 g/mol. The van der Waals surface area contributed by atoms with Gasteiger partial charge in [-0.05, 0) is 31.8 Å². The van der Waals surface area contributed by atoms with E-state index >= 15 is 0 Å². The fourth-order valence-corrected chi connectivity index (χ4v) is 3.73. The third-order valence-corrected chi connectivity index (χ3v) is 4.86. The van der Waals surface area contributed by atoms with E-state index in [2.05, 4.69) is 5.32 Å². The van der Waals surface area contributed by atoms with Crippen LogP contribution in [0.5, 0.6) is 0 Å². The first kappa shape index (κ1) is 9.43. The third kappa shape index (κ3) is 2.03. The molecule has 76 valence electrons. The third-order valence-electron chi connectivity index (χ3n) is 2.82. The number of sulfonamides is 1. The van der Waals surface area contributed by atoms with E-state index in [0.29, 0.717) is 11.7 Å². The second kappa shape index (κ2) is 3.55. The summed E-state index contributed by atoms with van der Waals surface area (Å²) in [4.78, 5) is 0. The van der Waals surface area contributed by atoms with Gasteiger partial charge in [-0.3, -0.25) is 0 Å². The molecule has 2 aliphatic rings. The molecule has 2 fully saturated rings. The van der Waals surface area contributed by atoms with Gasteiger partial charge in [0.25, 0.3) is 0 Å². The van der Waals surface area contributed by atoms with Crippen molar-refractivity contribution in [1.82, 2.24) is 9.62 Å². The molecule has 0 bridgehead atoms. The summed E-state index contributed by atoms with van der Waals surface area (Å²) in [5, 5.41) is 3.19. The molecule has 2 rings (SSSR count). The molecule has 0 aliphatic carbocycles. The molecule has 1 atom stereocenters. The van der Waals surface area contributed by atoms with Crippen molar-refractivity contribution >= 4 is 10.0 Å². The highest BCUT2D eigenvalue weighted by atomic mass is 32.2. The number of hydrogen-bond donors (Lipinski definition) is 1. The van der Waals surface area contributed by atoms with E-state index in [1.54, 1.807) is 4.31 Å². The van der Waals surface area contributed by atoms with Crippen LogP contribution in [-0.4, -0.2) is 44.7 Å². The number of nitrogens with one attached hydrogen (secondary N) is 1. The van der Waals surface area contributed by atoms with Crippen molar-refractivity contribution in [2.45, 2.75) is 12.8 Å². The molecule has 0 saturated carbocycles. The molecule has 0 spiro atoms. The fraction of sp³-hybridized carbons (Fsp3) is 1.00. The molecule has 0 aromatic heterocycles. The van der Waals surface area contributed by atoms with E-state index in [9.17, 15) is 8.42 Å². The largest absolute Gasteiger partial charge is 0.316 e. The zero-order chi connectivity index (χ0) is 9.31. The molecule has 1 N–H and O–H groups in total. The first-order chi connectivity index (χ1) is 6.18. The first-order valence-corrected chi connectivity index (χ1v) is 6.48. The summed E-state index contributed by atoms with van der Waals surface area (Å²) in [6.45, 7) is 3.32. The maximum absolute atomic E-state index is 11.7. The second-order valence-corrected chi connectivity index (χ2v) is 5.90. The van der Waals surface area contributed by atoms with Gasteiger partial charge >= 0.3 is 0 Å². The Kier molecular flexibility index (Phi) is 2.58. The molecule has 13 heavy (non-hydrogen) atoms. The van der Waals surface area contributed by atoms with Crippen LogP contribution in [0, 0.1) is 5.92 Å². The maximum atomic E-state index is 11.7. The lowest BCUT2D eigenvalue weighted by molar-refractivity contribution is 0.307. The Morgan fingerprint density at radius 1 is 1.38 bits per heavy atom. The predicted octanol–water partition coefficient (Wildman–Crippen LogP) is -0.369. The lowest BCUT2D eigenvalue weighted by Gasteiger charge is -2.30. The molecule has 2 saturated heterocycles. The Morgan fingerprint density at radius 2 is 2.15 bits per heavy atom. The van der Waals surface area contributed by atoms with Crippen LogP contribution in [0.3, 0.4) is 0 Å². The molecular formula is C8H16N2O2S. The van der Waals surface area contributed by atoms with E-state index in [-0.39, 0.29) is 0 Å². The standard InChI is InChI=1S/C8H16N2O2S/c11-13(12,10-4-1-5-10)7-8-2-3-9-6-8/h8-9H,1-7H2. The highest BCUT2D eigenvalue weighted by Gasteiger charge is 2.30. The van der Waals surface area contributed by atoms with Crippen LogP contribution in [0.1, 0.15) is 12.8 Å². The van der Waals surface area contributed by atoms with Gasteiger partial charge in [0.1, 0.15) is 0 Å². The van der Waals surface area contributed by atoms with Crippen molar-refractivity contribution in [3.8, 4) is 0 Å². The van der Waals surface area contributed by atoms with Crippen LogP contribution in [0.15, 0.2) is 0 Å². The minimum atomic E-state index is -2.91. The first-order valence-electron chi connectivity index (χ1n) is 4.87. The monoisotopic (exact) mass is 204 g/mol. The average Bonchev–Trinajstić information content (AvgIpc) is 2.32. The predicted molar refractivity (Wildman–Crippen MR) is 51.0 cm³/mol. The Hall–Kier alpha value is -0.130. The quantitative estimate of drug-likeness (QED) is 0.682. The zero-order valence-corrected chi connectivity index (χ0v) is 8.52. The van der Waals surface area contributed by atoms with Gasteiger partial charge in [0, 0.05) is 13.1 Å². The van der Waals surface area contributed by atoms with Crippen molar-refractivity contribution in [1.29, 1.82) is 0 Å². The Labute approximate surface area is 79.4 Å². The van der Waals surface area contributed by atoms with Gasteiger partial charge in [-0.15, -0.1) is 0 Å². The summed E-state index contributed by atoms with van der Waals surface area (Å²) in [6, 6.07) is 0. The van der Waals surface area contributed by atoms with E-state index in [0.717, 1.165) is 39.0 Å². The lowest BCUT2D eigenvalue weighted by atomic mass is 10.2. The summed E-state index contributed by atoms with van der Waals surface area (Å²) in [7, 11) is -2.91. The van der Waals surface area contributed by atoms with Crippen molar-refractivity contribution in [2.75, 3.05) is 31.9 Å². The highest BCUT2D eigenvalue weighted by molar-refractivity contribution is 7.89. The fourth-order valence-electron chi connectivity index (χ4n) is 1.83. The lowest BCUT2D eigenvalue weighted by Crippen LogP contribution is -2.44. The Balaban J connectivity index is 1.91. The molecule has 1 unspecified atom stereocenters. The smallest absolute Gasteiger partial charge is 0.214 e. The minimum Gasteiger partial charge on any atom is -0.316 e. The summed E-state index contributed by atoms with van der Waals surface area (Å²) in [6.07, 6.45) is 2.04. The van der Waals surface area contributed by atoms with Gasteiger partial charge in [0.15, 0.2) is 0 Å². The molecule has 0 radical (unpaired) electrons. The van der Waals surface area contributed by atoms with Gasteiger partial charge in [-0.1, -0.05) is 0 Å². The van der Waals surface area contributed by atoms with Gasteiger partial charge in [-0.2, -0.15) is 0 Å². The Bertz CT molecular complexity index is 266. The van der Waals surface area contributed by atoms with Crippen LogP contribution in [-0.2, 0) is 10.0 Å². The molecule has 0 aromatic rings. The maximum Gasteiger partial charge on any atom is 0.214 e. The molecular weight excluding hydrogens is 188 g/mol. The van der Waals surface area contributed by atoms with Crippen molar-refractivity contribution in [3.05, 3.63) is 0 Å². The SMILES string of the molecule is O=S(=O)(CC1CCNC1)N1CCC1. The number of rotatable bonds is 3. The van der Waals surface area contributed by atoms with Crippen LogP contribution in [0.4, 0.5) is 0 Å². The van der Waals surface area contributed by atoms with E-state index in [4.69, 9.17) is 0 Å². The van der Waals surface area contributed by atoms with Gasteiger partial charge in [-0.25, -0.2) is 12.7 Å². The molecule has 4 nitrogen and oxygen atoms in total. The van der Waals surface area contributed by atoms with Crippen LogP contribution < -0.4 is 5.32 Å². The van der Waals surface area contributed by atoms with Crippen LogP contribution >= 0.6 is 0 Å².